The summed E-state index contributed by atoms with van der Waals surface area (Å²) in [6.07, 6.45) is 3.76. The Labute approximate surface area is 114 Å². The third-order valence-electron chi connectivity index (χ3n) is 2.82. The minimum absolute atomic E-state index is 0.796. The van der Waals surface area contributed by atoms with Crippen LogP contribution >= 0.6 is 15.9 Å². The van der Waals surface area contributed by atoms with E-state index in [1.54, 1.807) is 6.20 Å². The summed E-state index contributed by atoms with van der Waals surface area (Å²) in [7, 11) is 0. The van der Waals surface area contributed by atoms with Crippen LogP contribution in [0.15, 0.2) is 59.3 Å². The van der Waals surface area contributed by atoms with Gasteiger partial charge in [-0.25, -0.2) is 4.98 Å². The molecule has 0 fully saturated rings. The van der Waals surface area contributed by atoms with Gasteiger partial charge in [-0.15, -0.1) is 0 Å². The van der Waals surface area contributed by atoms with Crippen molar-refractivity contribution in [3.63, 3.8) is 0 Å². The Hall–Kier alpha value is -1.81. The lowest BCUT2D eigenvalue weighted by Gasteiger charge is -2.09. The first-order valence-corrected chi connectivity index (χ1v) is 6.53. The predicted octanol–water partition coefficient (Wildman–Crippen LogP) is 3.71. The lowest BCUT2D eigenvalue weighted by Crippen LogP contribution is -2.03. The van der Waals surface area contributed by atoms with Crippen LogP contribution in [-0.4, -0.2) is 9.38 Å². The van der Waals surface area contributed by atoms with E-state index in [9.17, 15) is 0 Å². The van der Waals surface area contributed by atoms with Crippen molar-refractivity contribution in [2.45, 2.75) is 6.54 Å². The van der Waals surface area contributed by atoms with Gasteiger partial charge in [-0.2, -0.15) is 0 Å². The Morgan fingerprint density at radius 3 is 2.78 bits per heavy atom. The predicted molar refractivity (Wildman–Crippen MR) is 76.7 cm³/mol. The molecule has 4 heteroatoms. The quantitative estimate of drug-likeness (QED) is 0.799. The molecule has 0 aliphatic rings. The van der Waals surface area contributed by atoms with Crippen LogP contribution in [-0.2, 0) is 6.54 Å². The van der Waals surface area contributed by atoms with Gasteiger partial charge in [-0.3, -0.25) is 4.40 Å². The molecule has 0 unspecified atom stereocenters. The van der Waals surface area contributed by atoms with E-state index < -0.39 is 0 Å². The third-order valence-corrected chi connectivity index (χ3v) is 3.34. The Bertz CT molecular complexity index is 658. The number of benzene rings is 1. The second-order valence-electron chi connectivity index (χ2n) is 4.05. The average Bonchev–Trinajstić information content (AvgIpc) is 2.87. The first kappa shape index (κ1) is 11.3. The summed E-state index contributed by atoms with van der Waals surface area (Å²) >= 11 is 3.44. The van der Waals surface area contributed by atoms with E-state index in [1.165, 1.54) is 5.56 Å². The Kier molecular flexibility index (Phi) is 3.02. The highest BCUT2D eigenvalue weighted by Crippen LogP contribution is 2.14. The van der Waals surface area contributed by atoms with Gasteiger partial charge in [0.25, 0.3) is 0 Å². The standard InChI is InChI=1S/C14H12BrN3/c15-12-6-4-11(5-7-12)10-17-14-3-1-2-13-16-8-9-18(13)14/h1-9,17H,10H2. The molecule has 0 spiro atoms. The number of halogens is 1. The molecule has 90 valence electrons. The molecule has 1 N–H and O–H groups in total. The van der Waals surface area contributed by atoms with E-state index in [2.05, 4.69) is 50.5 Å². The van der Waals surface area contributed by atoms with Gasteiger partial charge in [0.2, 0.25) is 0 Å². The zero-order valence-corrected chi connectivity index (χ0v) is 11.3. The fourth-order valence-corrected chi connectivity index (χ4v) is 2.15. The molecular weight excluding hydrogens is 290 g/mol. The number of pyridine rings is 1. The van der Waals surface area contributed by atoms with Gasteiger partial charge in [-0.05, 0) is 29.8 Å². The van der Waals surface area contributed by atoms with Gasteiger partial charge in [0, 0.05) is 23.4 Å². The second kappa shape index (κ2) is 4.82. The highest BCUT2D eigenvalue weighted by Gasteiger charge is 1.99. The van der Waals surface area contributed by atoms with Gasteiger partial charge >= 0.3 is 0 Å². The highest BCUT2D eigenvalue weighted by atomic mass is 79.9. The number of fused-ring (bicyclic) bond motifs is 1. The molecule has 0 radical (unpaired) electrons. The summed E-state index contributed by atoms with van der Waals surface area (Å²) < 4.78 is 3.14. The first-order valence-electron chi connectivity index (χ1n) is 5.73. The summed E-state index contributed by atoms with van der Waals surface area (Å²) in [4.78, 5) is 4.26. The largest absolute Gasteiger partial charge is 0.367 e. The lowest BCUT2D eigenvalue weighted by molar-refractivity contribution is 1.07. The van der Waals surface area contributed by atoms with Crippen molar-refractivity contribution in [1.29, 1.82) is 0 Å². The Morgan fingerprint density at radius 1 is 1.11 bits per heavy atom. The number of aromatic nitrogens is 2. The molecule has 0 atom stereocenters. The maximum absolute atomic E-state index is 4.26. The van der Waals surface area contributed by atoms with Crippen LogP contribution in [0.5, 0.6) is 0 Å². The maximum Gasteiger partial charge on any atom is 0.138 e. The topological polar surface area (TPSA) is 29.3 Å². The molecule has 2 aromatic heterocycles. The SMILES string of the molecule is Brc1ccc(CNc2cccc3nccn23)cc1. The molecular formula is C14H12BrN3. The van der Waals surface area contributed by atoms with Crippen LogP contribution in [0.4, 0.5) is 5.82 Å². The van der Waals surface area contributed by atoms with E-state index in [-0.39, 0.29) is 0 Å². The molecule has 3 rings (SSSR count). The van der Waals surface area contributed by atoms with Crippen molar-refractivity contribution in [2.24, 2.45) is 0 Å². The van der Waals surface area contributed by atoms with Crippen LogP contribution < -0.4 is 5.32 Å². The zero-order valence-electron chi connectivity index (χ0n) is 9.68. The fourth-order valence-electron chi connectivity index (χ4n) is 1.89. The number of imidazole rings is 1. The van der Waals surface area contributed by atoms with Crippen molar-refractivity contribution in [2.75, 3.05) is 5.32 Å². The second-order valence-corrected chi connectivity index (χ2v) is 4.96. The van der Waals surface area contributed by atoms with Gasteiger partial charge < -0.3 is 5.32 Å². The van der Waals surface area contributed by atoms with Crippen molar-refractivity contribution in [1.82, 2.24) is 9.38 Å². The summed E-state index contributed by atoms with van der Waals surface area (Å²) in [5.74, 6) is 1.05. The summed E-state index contributed by atoms with van der Waals surface area (Å²) in [6, 6.07) is 14.4. The molecule has 0 saturated carbocycles. The van der Waals surface area contributed by atoms with E-state index in [0.717, 1.165) is 22.5 Å². The third kappa shape index (κ3) is 2.24. The van der Waals surface area contributed by atoms with Crippen LogP contribution in [0.25, 0.3) is 5.65 Å². The van der Waals surface area contributed by atoms with Crippen LogP contribution in [0, 0.1) is 0 Å². The monoisotopic (exact) mass is 301 g/mol. The average molecular weight is 302 g/mol. The van der Waals surface area contributed by atoms with Crippen molar-refractivity contribution < 1.29 is 0 Å². The van der Waals surface area contributed by atoms with Crippen LogP contribution in [0.1, 0.15) is 5.56 Å². The minimum Gasteiger partial charge on any atom is -0.367 e. The summed E-state index contributed by atoms with van der Waals surface area (Å²) in [5, 5.41) is 3.42. The highest BCUT2D eigenvalue weighted by molar-refractivity contribution is 9.10. The molecule has 3 aromatic rings. The number of rotatable bonds is 3. The Balaban J connectivity index is 1.80. The zero-order chi connectivity index (χ0) is 12.4. The van der Waals surface area contributed by atoms with Crippen LogP contribution in [0.2, 0.25) is 0 Å². The molecule has 3 nitrogen and oxygen atoms in total. The molecule has 1 aromatic carbocycles. The van der Waals surface area contributed by atoms with Crippen molar-refractivity contribution in [3.8, 4) is 0 Å². The van der Waals surface area contributed by atoms with Crippen molar-refractivity contribution in [3.05, 3.63) is 64.9 Å². The van der Waals surface area contributed by atoms with E-state index in [4.69, 9.17) is 0 Å². The van der Waals surface area contributed by atoms with Gasteiger partial charge in [-0.1, -0.05) is 34.1 Å². The minimum atomic E-state index is 0.796. The molecule has 0 aliphatic heterocycles. The van der Waals surface area contributed by atoms with E-state index in [1.807, 2.05) is 28.8 Å². The number of nitrogens with one attached hydrogen (secondary N) is 1. The molecule has 2 heterocycles. The summed E-state index contributed by atoms with van der Waals surface area (Å²) in [5.41, 5.74) is 2.20. The van der Waals surface area contributed by atoms with Gasteiger partial charge in [0.05, 0.1) is 0 Å². The molecule has 0 bridgehead atoms. The normalized spacial score (nSPS) is 10.7. The lowest BCUT2D eigenvalue weighted by atomic mass is 10.2. The number of hydrogen-bond acceptors (Lipinski definition) is 2. The first-order chi connectivity index (χ1) is 8.83. The number of hydrogen-bond donors (Lipinski definition) is 1. The number of anilines is 1. The molecule has 0 saturated heterocycles. The number of nitrogens with zero attached hydrogens (tertiary/aromatic N) is 2. The van der Waals surface area contributed by atoms with E-state index in [0.29, 0.717) is 0 Å². The van der Waals surface area contributed by atoms with Gasteiger partial charge in [0.15, 0.2) is 0 Å². The van der Waals surface area contributed by atoms with Crippen LogP contribution in [0.3, 0.4) is 0 Å². The molecule has 18 heavy (non-hydrogen) atoms. The van der Waals surface area contributed by atoms with Gasteiger partial charge in [0.1, 0.15) is 11.5 Å². The smallest absolute Gasteiger partial charge is 0.138 e. The molecule has 0 amide bonds. The Morgan fingerprint density at radius 2 is 1.94 bits per heavy atom. The fraction of sp³-hybridized carbons (Fsp3) is 0.0714. The maximum atomic E-state index is 4.26. The van der Waals surface area contributed by atoms with E-state index >= 15 is 0 Å². The molecule has 0 aliphatic carbocycles. The summed E-state index contributed by atoms with van der Waals surface area (Å²) in [6.45, 7) is 0.796. The van der Waals surface area contributed by atoms with Crippen molar-refractivity contribution >= 4 is 27.4 Å².